The third-order valence-corrected chi connectivity index (χ3v) is 5.24. The van der Waals surface area contributed by atoms with Gasteiger partial charge in [-0.15, -0.1) is 0 Å². The van der Waals surface area contributed by atoms with Crippen molar-refractivity contribution in [3.63, 3.8) is 0 Å². The molecule has 3 rings (SSSR count). The molecule has 0 aliphatic carbocycles. The van der Waals surface area contributed by atoms with Gasteiger partial charge in [-0.1, -0.05) is 0 Å². The van der Waals surface area contributed by atoms with Gasteiger partial charge in [0.2, 0.25) is 12.7 Å². The molecule has 2 aliphatic rings. The Labute approximate surface area is 148 Å². The van der Waals surface area contributed by atoms with Crippen LogP contribution in [0.5, 0.6) is 11.5 Å². The molecule has 0 spiro atoms. The lowest BCUT2D eigenvalue weighted by molar-refractivity contribution is -0.132. The number of carbonyl (C=O) groups is 2. The van der Waals surface area contributed by atoms with Gasteiger partial charge < -0.3 is 19.3 Å². The summed E-state index contributed by atoms with van der Waals surface area (Å²) in [6.45, 7) is 6.15. The fourth-order valence-electron chi connectivity index (χ4n) is 3.39. The number of rotatable bonds is 6. The Morgan fingerprint density at radius 2 is 1.84 bits per heavy atom. The number of nitrogens with zero attached hydrogens (tertiary/aromatic N) is 2. The number of Topliss-reactive ketones (excluding diaryl/α,β-unsaturated/α-hetero) is 1. The summed E-state index contributed by atoms with van der Waals surface area (Å²) in [5.74, 6) is 1.13. The topological polar surface area (TPSA) is 59.1 Å². The Hall–Kier alpha value is -2.08. The van der Waals surface area contributed by atoms with Crippen molar-refractivity contribution in [1.82, 2.24) is 9.80 Å². The van der Waals surface area contributed by atoms with Gasteiger partial charge in [0.1, 0.15) is 0 Å². The SMILES string of the molecule is CC(CC(=O)N(C)[C@@H](C)C(=O)c1ccc2c(c1)OCO2)N1CCCC1. The van der Waals surface area contributed by atoms with Gasteiger partial charge in [0, 0.05) is 25.1 Å². The maximum atomic E-state index is 12.7. The maximum Gasteiger partial charge on any atom is 0.231 e. The maximum absolute atomic E-state index is 12.7. The molecule has 1 unspecified atom stereocenters. The molecule has 2 heterocycles. The van der Waals surface area contributed by atoms with Crippen molar-refractivity contribution in [2.24, 2.45) is 0 Å². The second kappa shape index (κ2) is 7.44. The lowest BCUT2D eigenvalue weighted by atomic mass is 10.0. The average Bonchev–Trinajstić information content (AvgIpc) is 3.30. The van der Waals surface area contributed by atoms with E-state index in [0.29, 0.717) is 23.5 Å². The number of ketones is 1. The highest BCUT2D eigenvalue weighted by Gasteiger charge is 2.28. The third kappa shape index (κ3) is 3.79. The minimum atomic E-state index is -0.515. The van der Waals surface area contributed by atoms with Crippen LogP contribution in [-0.4, -0.2) is 60.5 Å². The van der Waals surface area contributed by atoms with Crippen LogP contribution in [0.3, 0.4) is 0 Å². The van der Waals surface area contributed by atoms with Gasteiger partial charge in [-0.25, -0.2) is 0 Å². The molecule has 1 amide bonds. The van der Waals surface area contributed by atoms with Crippen LogP contribution < -0.4 is 9.47 Å². The molecule has 136 valence electrons. The lowest BCUT2D eigenvalue weighted by Gasteiger charge is -2.28. The number of carbonyl (C=O) groups excluding carboxylic acids is 2. The molecule has 6 heteroatoms. The monoisotopic (exact) mass is 346 g/mol. The van der Waals surface area contributed by atoms with E-state index >= 15 is 0 Å². The van der Waals surface area contributed by atoms with E-state index in [1.807, 2.05) is 0 Å². The van der Waals surface area contributed by atoms with Gasteiger partial charge >= 0.3 is 0 Å². The molecule has 6 nitrogen and oxygen atoms in total. The van der Waals surface area contributed by atoms with E-state index in [4.69, 9.17) is 9.47 Å². The van der Waals surface area contributed by atoms with Crippen LogP contribution in [0, 0.1) is 0 Å². The highest BCUT2D eigenvalue weighted by Crippen LogP contribution is 2.33. The standard InChI is InChI=1S/C19H26N2O4/c1-13(21-8-4-5-9-21)10-18(22)20(3)14(2)19(23)15-6-7-16-17(11-15)25-12-24-16/h6-7,11,13-14H,4-5,8-10,12H2,1-3H3/t13?,14-/m0/s1. The molecule has 1 saturated heterocycles. The average molecular weight is 346 g/mol. The van der Waals surface area contributed by atoms with Crippen LogP contribution in [0.15, 0.2) is 18.2 Å². The van der Waals surface area contributed by atoms with Crippen molar-refractivity contribution < 1.29 is 19.1 Å². The van der Waals surface area contributed by atoms with Crippen molar-refractivity contribution >= 4 is 11.7 Å². The highest BCUT2D eigenvalue weighted by molar-refractivity contribution is 6.02. The number of benzene rings is 1. The van der Waals surface area contributed by atoms with E-state index in [9.17, 15) is 9.59 Å². The number of likely N-dealkylation sites (tertiary alicyclic amines) is 1. The smallest absolute Gasteiger partial charge is 0.231 e. The van der Waals surface area contributed by atoms with Crippen molar-refractivity contribution in [2.45, 2.75) is 45.2 Å². The van der Waals surface area contributed by atoms with Gasteiger partial charge in [0.05, 0.1) is 6.04 Å². The molecule has 1 aromatic carbocycles. The molecular weight excluding hydrogens is 320 g/mol. The number of ether oxygens (including phenoxy) is 2. The zero-order chi connectivity index (χ0) is 18.0. The van der Waals surface area contributed by atoms with E-state index in [-0.39, 0.29) is 24.5 Å². The molecule has 1 aromatic rings. The van der Waals surface area contributed by atoms with E-state index in [2.05, 4.69) is 11.8 Å². The van der Waals surface area contributed by atoms with Gasteiger partial charge in [0.15, 0.2) is 17.3 Å². The van der Waals surface area contributed by atoms with Gasteiger partial charge in [-0.3, -0.25) is 9.59 Å². The van der Waals surface area contributed by atoms with Crippen LogP contribution >= 0.6 is 0 Å². The minimum absolute atomic E-state index is 0.000920. The zero-order valence-corrected chi connectivity index (χ0v) is 15.2. The molecule has 0 saturated carbocycles. The first kappa shape index (κ1) is 17.7. The Kier molecular flexibility index (Phi) is 5.27. The molecule has 2 atom stereocenters. The van der Waals surface area contributed by atoms with Crippen LogP contribution in [0.25, 0.3) is 0 Å². The predicted molar refractivity (Wildman–Crippen MR) is 94.0 cm³/mol. The molecule has 0 N–H and O–H groups in total. The van der Waals surface area contributed by atoms with Crippen molar-refractivity contribution in [1.29, 1.82) is 0 Å². The summed E-state index contributed by atoms with van der Waals surface area (Å²) in [6, 6.07) is 4.84. The number of hydrogen-bond donors (Lipinski definition) is 0. The van der Waals surface area contributed by atoms with E-state index in [1.54, 1.807) is 37.1 Å². The number of fused-ring (bicyclic) bond motifs is 1. The first-order chi connectivity index (χ1) is 12.0. The van der Waals surface area contributed by atoms with E-state index < -0.39 is 6.04 Å². The van der Waals surface area contributed by atoms with Crippen molar-refractivity contribution in [3.8, 4) is 11.5 Å². The van der Waals surface area contributed by atoms with E-state index in [0.717, 1.165) is 13.1 Å². The van der Waals surface area contributed by atoms with Crippen molar-refractivity contribution in [2.75, 3.05) is 26.9 Å². The molecule has 25 heavy (non-hydrogen) atoms. The fourth-order valence-corrected chi connectivity index (χ4v) is 3.39. The summed E-state index contributed by atoms with van der Waals surface area (Å²) in [5, 5.41) is 0. The summed E-state index contributed by atoms with van der Waals surface area (Å²) in [6.07, 6.45) is 2.84. The summed E-state index contributed by atoms with van der Waals surface area (Å²) in [7, 11) is 1.70. The molecule has 2 aliphatic heterocycles. The van der Waals surface area contributed by atoms with Crippen molar-refractivity contribution in [3.05, 3.63) is 23.8 Å². The Morgan fingerprint density at radius 1 is 1.16 bits per heavy atom. The second-order valence-electron chi connectivity index (χ2n) is 6.91. The first-order valence-corrected chi connectivity index (χ1v) is 8.91. The lowest BCUT2D eigenvalue weighted by Crippen LogP contribution is -2.43. The summed E-state index contributed by atoms with van der Waals surface area (Å²) >= 11 is 0. The summed E-state index contributed by atoms with van der Waals surface area (Å²) < 4.78 is 10.6. The number of amides is 1. The quantitative estimate of drug-likeness (QED) is 0.740. The molecular formula is C19H26N2O4. The number of hydrogen-bond acceptors (Lipinski definition) is 5. The van der Waals surface area contributed by atoms with Crippen LogP contribution in [0.2, 0.25) is 0 Å². The third-order valence-electron chi connectivity index (χ3n) is 5.24. The summed E-state index contributed by atoms with van der Waals surface area (Å²) in [5.41, 5.74) is 0.531. The van der Waals surface area contributed by atoms with Gasteiger partial charge in [-0.05, 0) is 58.0 Å². The second-order valence-corrected chi connectivity index (χ2v) is 6.91. The normalized spacial score (nSPS) is 18.8. The summed E-state index contributed by atoms with van der Waals surface area (Å²) in [4.78, 5) is 29.2. The van der Waals surface area contributed by atoms with Crippen LogP contribution in [0.4, 0.5) is 0 Å². The van der Waals surface area contributed by atoms with Gasteiger partial charge in [0.25, 0.3) is 0 Å². The molecule has 1 fully saturated rings. The van der Waals surface area contributed by atoms with Crippen LogP contribution in [0.1, 0.15) is 43.5 Å². The Morgan fingerprint density at radius 3 is 2.56 bits per heavy atom. The molecule has 0 aromatic heterocycles. The largest absolute Gasteiger partial charge is 0.454 e. The fraction of sp³-hybridized carbons (Fsp3) is 0.579. The minimum Gasteiger partial charge on any atom is -0.454 e. The Balaban J connectivity index is 1.61. The molecule has 0 radical (unpaired) electrons. The Bertz CT molecular complexity index is 655. The molecule has 0 bridgehead atoms. The number of likely N-dealkylation sites (N-methyl/N-ethyl adjacent to an activating group) is 1. The first-order valence-electron chi connectivity index (χ1n) is 8.91. The van der Waals surface area contributed by atoms with Crippen LogP contribution in [-0.2, 0) is 4.79 Å². The highest BCUT2D eigenvalue weighted by atomic mass is 16.7. The predicted octanol–water partition coefficient (Wildman–Crippen LogP) is 2.32. The van der Waals surface area contributed by atoms with Gasteiger partial charge in [-0.2, -0.15) is 0 Å². The van der Waals surface area contributed by atoms with E-state index in [1.165, 1.54) is 12.8 Å². The zero-order valence-electron chi connectivity index (χ0n) is 15.2.